The summed E-state index contributed by atoms with van der Waals surface area (Å²) in [5.74, 6) is 0.557. The summed E-state index contributed by atoms with van der Waals surface area (Å²) in [7, 11) is 0. The zero-order valence-electron chi connectivity index (χ0n) is 14.6. The summed E-state index contributed by atoms with van der Waals surface area (Å²) in [6.45, 7) is 0.537. The van der Waals surface area contributed by atoms with Crippen LogP contribution >= 0.6 is 11.6 Å². The molecule has 0 saturated carbocycles. The lowest BCUT2D eigenvalue weighted by atomic mass is 10.1. The summed E-state index contributed by atoms with van der Waals surface area (Å²) in [4.78, 5) is 16.2. The molecule has 0 aliphatic heterocycles. The summed E-state index contributed by atoms with van der Waals surface area (Å²) < 4.78 is 18.3. The van der Waals surface area contributed by atoms with Gasteiger partial charge in [-0.15, -0.1) is 0 Å². The molecule has 0 unspecified atom stereocenters. The van der Waals surface area contributed by atoms with Crippen LogP contribution in [0.3, 0.4) is 0 Å². The van der Waals surface area contributed by atoms with E-state index in [0.29, 0.717) is 36.1 Å². The Kier molecular flexibility index (Phi) is 6.54. The van der Waals surface area contributed by atoms with Crippen molar-refractivity contribution in [3.8, 4) is 11.4 Å². The third-order valence-corrected chi connectivity index (χ3v) is 4.24. The molecule has 1 heterocycles. The van der Waals surface area contributed by atoms with Gasteiger partial charge in [0.05, 0.1) is 0 Å². The van der Waals surface area contributed by atoms with Crippen molar-refractivity contribution in [3.63, 3.8) is 0 Å². The summed E-state index contributed by atoms with van der Waals surface area (Å²) in [5, 5.41) is 7.40. The van der Waals surface area contributed by atoms with Crippen molar-refractivity contribution < 1.29 is 13.7 Å². The molecular weight excluding hydrogens is 369 g/mol. The van der Waals surface area contributed by atoms with Crippen LogP contribution in [0.1, 0.15) is 24.3 Å². The lowest BCUT2D eigenvalue weighted by Gasteiger charge is -2.04. The molecular formula is C20H19ClFN3O2. The van der Waals surface area contributed by atoms with Gasteiger partial charge < -0.3 is 9.84 Å². The second kappa shape index (κ2) is 9.28. The van der Waals surface area contributed by atoms with Gasteiger partial charge in [-0.2, -0.15) is 4.98 Å². The van der Waals surface area contributed by atoms with Crippen molar-refractivity contribution in [1.29, 1.82) is 0 Å². The molecule has 140 valence electrons. The van der Waals surface area contributed by atoms with Crippen LogP contribution < -0.4 is 5.32 Å². The van der Waals surface area contributed by atoms with E-state index in [1.165, 1.54) is 12.1 Å². The fraction of sp³-hybridized carbons (Fsp3) is 0.250. The zero-order valence-corrected chi connectivity index (χ0v) is 15.4. The summed E-state index contributed by atoms with van der Waals surface area (Å²) in [6.07, 6.45) is 2.10. The second-order valence-electron chi connectivity index (χ2n) is 6.10. The largest absolute Gasteiger partial charge is 0.356 e. The number of rotatable bonds is 8. The first-order valence-electron chi connectivity index (χ1n) is 8.70. The summed E-state index contributed by atoms with van der Waals surface area (Å²) >= 11 is 5.86. The van der Waals surface area contributed by atoms with Gasteiger partial charge in [0.1, 0.15) is 5.82 Å². The van der Waals surface area contributed by atoms with Crippen molar-refractivity contribution in [1.82, 2.24) is 15.5 Å². The Bertz CT molecular complexity index is 896. The van der Waals surface area contributed by atoms with Crippen molar-refractivity contribution in [2.75, 3.05) is 6.54 Å². The summed E-state index contributed by atoms with van der Waals surface area (Å²) in [6, 6.07) is 13.6. The molecule has 0 fully saturated rings. The van der Waals surface area contributed by atoms with Crippen LogP contribution in [0, 0.1) is 5.82 Å². The van der Waals surface area contributed by atoms with Crippen LogP contribution in [0.15, 0.2) is 53.1 Å². The predicted octanol–water partition coefficient (Wildman–Crippen LogP) is 4.21. The Hall–Kier alpha value is -2.73. The number of aryl methyl sites for hydroxylation is 2. The number of nitrogens with one attached hydrogen (secondary N) is 1. The lowest BCUT2D eigenvalue weighted by molar-refractivity contribution is -0.121. The fourth-order valence-electron chi connectivity index (χ4n) is 2.59. The number of amides is 1. The predicted molar refractivity (Wildman–Crippen MR) is 101 cm³/mol. The van der Waals surface area contributed by atoms with Crippen LogP contribution in [-0.2, 0) is 17.6 Å². The Morgan fingerprint density at radius 3 is 2.74 bits per heavy atom. The highest BCUT2D eigenvalue weighted by molar-refractivity contribution is 6.30. The molecule has 0 radical (unpaired) electrons. The third-order valence-electron chi connectivity index (χ3n) is 3.99. The van der Waals surface area contributed by atoms with E-state index in [9.17, 15) is 9.18 Å². The Morgan fingerprint density at radius 1 is 1.15 bits per heavy atom. The van der Waals surface area contributed by atoms with Gasteiger partial charge in [-0.1, -0.05) is 28.9 Å². The average molecular weight is 388 g/mol. The molecule has 3 aromatic rings. The van der Waals surface area contributed by atoms with Crippen molar-refractivity contribution >= 4 is 17.5 Å². The molecule has 1 N–H and O–H groups in total. The van der Waals surface area contributed by atoms with Gasteiger partial charge in [0, 0.05) is 30.0 Å². The van der Waals surface area contributed by atoms with Crippen LogP contribution in [0.4, 0.5) is 4.39 Å². The van der Waals surface area contributed by atoms with E-state index in [2.05, 4.69) is 15.5 Å². The molecule has 3 rings (SSSR count). The highest BCUT2D eigenvalue weighted by Gasteiger charge is 2.10. The molecule has 0 saturated heterocycles. The maximum Gasteiger partial charge on any atom is 0.227 e. The number of hydrogen-bond acceptors (Lipinski definition) is 4. The Balaban J connectivity index is 1.38. The quantitative estimate of drug-likeness (QED) is 0.588. The van der Waals surface area contributed by atoms with Gasteiger partial charge in [0.2, 0.25) is 17.6 Å². The van der Waals surface area contributed by atoms with Crippen molar-refractivity contribution in [3.05, 3.63) is 70.8 Å². The number of carbonyl (C=O) groups is 1. The van der Waals surface area contributed by atoms with Crippen LogP contribution in [0.25, 0.3) is 11.4 Å². The first-order chi connectivity index (χ1) is 13.1. The fourth-order valence-corrected chi connectivity index (χ4v) is 2.72. The molecule has 0 bridgehead atoms. The number of carbonyl (C=O) groups excluding carboxylic acids is 1. The lowest BCUT2D eigenvalue weighted by Crippen LogP contribution is -2.25. The maximum atomic E-state index is 13.1. The van der Waals surface area contributed by atoms with E-state index < -0.39 is 0 Å². The minimum absolute atomic E-state index is 0.0829. The Morgan fingerprint density at radius 2 is 1.96 bits per heavy atom. The first kappa shape index (κ1) is 19.0. The zero-order chi connectivity index (χ0) is 19.1. The Labute approximate surface area is 161 Å². The van der Waals surface area contributed by atoms with Crippen LogP contribution in [0.2, 0.25) is 5.02 Å². The van der Waals surface area contributed by atoms with E-state index in [1.807, 2.05) is 18.2 Å². The van der Waals surface area contributed by atoms with Gasteiger partial charge in [0.25, 0.3) is 0 Å². The number of benzene rings is 2. The minimum atomic E-state index is -0.242. The molecule has 7 heteroatoms. The SMILES string of the molecule is O=C(CCc1nc(-c2ccc(Cl)cc2)no1)NCCCc1cccc(F)c1. The van der Waals surface area contributed by atoms with Crippen molar-refractivity contribution in [2.45, 2.75) is 25.7 Å². The smallest absolute Gasteiger partial charge is 0.227 e. The molecule has 0 spiro atoms. The first-order valence-corrected chi connectivity index (χ1v) is 9.07. The molecule has 27 heavy (non-hydrogen) atoms. The normalized spacial score (nSPS) is 10.7. The molecule has 1 aromatic heterocycles. The van der Waals surface area contributed by atoms with E-state index in [4.69, 9.17) is 16.1 Å². The molecule has 2 aromatic carbocycles. The number of aromatic nitrogens is 2. The molecule has 0 aliphatic rings. The van der Waals surface area contributed by atoms with Gasteiger partial charge in [-0.25, -0.2) is 4.39 Å². The number of halogens is 2. The standard InChI is InChI=1S/C20H19ClFN3O2/c21-16-8-6-15(7-9-16)20-24-19(27-25-20)11-10-18(26)23-12-2-4-14-3-1-5-17(22)13-14/h1,3,5-9,13H,2,4,10-12H2,(H,23,26). The molecule has 1 amide bonds. The maximum absolute atomic E-state index is 13.1. The van der Waals surface area contributed by atoms with Crippen molar-refractivity contribution in [2.24, 2.45) is 0 Å². The molecule has 0 atom stereocenters. The van der Waals surface area contributed by atoms with E-state index >= 15 is 0 Å². The van der Waals surface area contributed by atoms with Gasteiger partial charge in [-0.3, -0.25) is 4.79 Å². The van der Waals surface area contributed by atoms with Gasteiger partial charge >= 0.3 is 0 Å². The van der Waals surface area contributed by atoms with Crippen LogP contribution in [0.5, 0.6) is 0 Å². The monoisotopic (exact) mass is 387 g/mol. The topological polar surface area (TPSA) is 68.0 Å². The number of hydrogen-bond donors (Lipinski definition) is 1. The van der Waals surface area contributed by atoms with E-state index in [1.54, 1.807) is 18.2 Å². The highest BCUT2D eigenvalue weighted by atomic mass is 35.5. The average Bonchev–Trinajstić information content (AvgIpc) is 3.13. The number of nitrogens with zero attached hydrogens (tertiary/aromatic N) is 2. The van der Waals surface area contributed by atoms with Gasteiger partial charge in [0.15, 0.2) is 0 Å². The van der Waals surface area contributed by atoms with Crippen LogP contribution in [-0.4, -0.2) is 22.6 Å². The summed E-state index contributed by atoms with van der Waals surface area (Å²) in [5.41, 5.74) is 1.72. The second-order valence-corrected chi connectivity index (χ2v) is 6.54. The van der Waals surface area contributed by atoms with E-state index in [0.717, 1.165) is 17.5 Å². The third kappa shape index (κ3) is 5.89. The van der Waals surface area contributed by atoms with E-state index in [-0.39, 0.29) is 18.1 Å². The highest BCUT2D eigenvalue weighted by Crippen LogP contribution is 2.19. The molecule has 5 nitrogen and oxygen atoms in total. The van der Waals surface area contributed by atoms with Gasteiger partial charge in [-0.05, 0) is 54.8 Å². The minimum Gasteiger partial charge on any atom is -0.356 e. The molecule has 0 aliphatic carbocycles.